The van der Waals surface area contributed by atoms with Gasteiger partial charge in [0.25, 0.3) is 5.69 Å². The second-order valence-electron chi connectivity index (χ2n) is 8.64. The Morgan fingerprint density at radius 2 is 1.35 bits per heavy atom. The van der Waals surface area contributed by atoms with Crippen molar-refractivity contribution in [2.75, 3.05) is 0 Å². The third-order valence-electron chi connectivity index (χ3n) is 4.33. The van der Waals surface area contributed by atoms with E-state index in [0.717, 1.165) is 22.3 Å². The number of hydrogen-bond acceptors (Lipinski definition) is 3. The fraction of sp³-hybridized carbons (Fsp3) is 0.364. The molecular formula is C22H27NO3. The van der Waals surface area contributed by atoms with Crippen LogP contribution in [-0.4, -0.2) is 10.0 Å². The van der Waals surface area contributed by atoms with Gasteiger partial charge >= 0.3 is 0 Å². The maximum atomic E-state index is 10.8. The first kappa shape index (κ1) is 19.7. The zero-order valence-electron chi connectivity index (χ0n) is 16.3. The van der Waals surface area contributed by atoms with Crippen LogP contribution in [0.1, 0.15) is 63.8 Å². The van der Waals surface area contributed by atoms with Gasteiger partial charge in [0.15, 0.2) is 0 Å². The van der Waals surface area contributed by atoms with Crippen LogP contribution < -0.4 is 0 Å². The van der Waals surface area contributed by atoms with Crippen LogP contribution >= 0.6 is 0 Å². The lowest BCUT2D eigenvalue weighted by molar-refractivity contribution is -0.384. The molecule has 0 spiro atoms. The molecule has 1 N–H and O–H groups in total. The highest BCUT2D eigenvalue weighted by atomic mass is 16.6. The Morgan fingerprint density at radius 1 is 0.885 bits per heavy atom. The summed E-state index contributed by atoms with van der Waals surface area (Å²) in [5.41, 5.74) is 3.94. The average molecular weight is 353 g/mol. The van der Waals surface area contributed by atoms with Crippen LogP contribution in [0.3, 0.4) is 0 Å². The predicted octanol–water partition coefficient (Wildman–Crippen LogP) is 6.07. The van der Waals surface area contributed by atoms with Crippen LogP contribution in [0.2, 0.25) is 0 Å². The molecule has 0 heterocycles. The summed E-state index contributed by atoms with van der Waals surface area (Å²) in [4.78, 5) is 10.4. The number of non-ortho nitro benzene ring substituents is 1. The van der Waals surface area contributed by atoms with E-state index in [9.17, 15) is 15.2 Å². The first-order valence-electron chi connectivity index (χ1n) is 8.70. The van der Waals surface area contributed by atoms with Crippen molar-refractivity contribution in [2.24, 2.45) is 0 Å². The summed E-state index contributed by atoms with van der Waals surface area (Å²) in [5.74, 6) is 0.271. The summed E-state index contributed by atoms with van der Waals surface area (Å²) in [6.45, 7) is 12.7. The molecular weight excluding hydrogens is 326 g/mol. The molecule has 138 valence electrons. The van der Waals surface area contributed by atoms with E-state index in [1.165, 1.54) is 12.1 Å². The van der Waals surface area contributed by atoms with Gasteiger partial charge in [-0.2, -0.15) is 0 Å². The molecule has 2 rings (SSSR count). The molecule has 2 aromatic carbocycles. The largest absolute Gasteiger partial charge is 0.508 e. The second-order valence-corrected chi connectivity index (χ2v) is 8.64. The van der Waals surface area contributed by atoms with Gasteiger partial charge in [-0.1, -0.05) is 53.7 Å². The topological polar surface area (TPSA) is 63.4 Å². The maximum absolute atomic E-state index is 10.8. The molecule has 26 heavy (non-hydrogen) atoms. The number of benzene rings is 2. The van der Waals surface area contributed by atoms with Gasteiger partial charge in [-0.15, -0.1) is 0 Å². The van der Waals surface area contributed by atoms with Gasteiger partial charge in [-0.3, -0.25) is 10.1 Å². The van der Waals surface area contributed by atoms with Crippen LogP contribution in [0.15, 0.2) is 36.4 Å². The molecule has 0 aromatic heterocycles. The van der Waals surface area contributed by atoms with Gasteiger partial charge < -0.3 is 5.11 Å². The summed E-state index contributed by atoms with van der Waals surface area (Å²) in [6.07, 6.45) is 4.00. The Labute approximate surface area is 155 Å². The third kappa shape index (κ3) is 4.51. The number of hydrogen-bond donors (Lipinski definition) is 1. The van der Waals surface area contributed by atoms with E-state index in [2.05, 4.69) is 41.5 Å². The van der Waals surface area contributed by atoms with Crippen molar-refractivity contribution in [3.8, 4) is 5.75 Å². The zero-order valence-corrected chi connectivity index (χ0v) is 16.3. The quantitative estimate of drug-likeness (QED) is 0.414. The number of aromatic hydroxyl groups is 1. The van der Waals surface area contributed by atoms with Crippen LogP contribution in [-0.2, 0) is 10.8 Å². The van der Waals surface area contributed by atoms with E-state index < -0.39 is 4.92 Å². The normalized spacial score (nSPS) is 12.5. The average Bonchev–Trinajstić information content (AvgIpc) is 2.51. The minimum absolute atomic E-state index is 0.0811. The van der Waals surface area contributed by atoms with Crippen LogP contribution in [0.4, 0.5) is 5.69 Å². The van der Waals surface area contributed by atoms with Crippen molar-refractivity contribution in [1.82, 2.24) is 0 Å². The van der Waals surface area contributed by atoms with Gasteiger partial charge in [0.2, 0.25) is 0 Å². The van der Waals surface area contributed by atoms with Gasteiger partial charge in [0.1, 0.15) is 5.75 Å². The Hall–Kier alpha value is -2.62. The highest BCUT2D eigenvalue weighted by Gasteiger charge is 2.25. The summed E-state index contributed by atoms with van der Waals surface area (Å²) in [7, 11) is 0. The Balaban J connectivity index is 2.58. The molecule has 0 saturated heterocycles. The number of nitro benzene ring substituents is 1. The number of nitrogens with zero attached hydrogens (tertiary/aromatic N) is 1. The van der Waals surface area contributed by atoms with E-state index in [1.807, 2.05) is 24.3 Å². The Kier molecular flexibility index (Phi) is 5.26. The SMILES string of the molecule is CC(C)(C)c1cc(O)cc(C(C)(C)C)c1/C=C/c1ccc([N+](=O)[O-])cc1. The van der Waals surface area contributed by atoms with Gasteiger partial charge in [0, 0.05) is 12.1 Å². The molecule has 0 amide bonds. The van der Waals surface area contributed by atoms with Crippen molar-refractivity contribution in [3.05, 3.63) is 68.8 Å². The fourth-order valence-corrected chi connectivity index (χ4v) is 2.95. The van der Waals surface area contributed by atoms with Crippen molar-refractivity contribution in [2.45, 2.75) is 52.4 Å². The lowest BCUT2D eigenvalue weighted by atomic mass is 9.76. The number of phenols is 1. The van der Waals surface area contributed by atoms with Gasteiger partial charge in [-0.05, 0) is 57.3 Å². The zero-order chi connectivity index (χ0) is 19.7. The molecule has 0 aliphatic heterocycles. The molecule has 0 bridgehead atoms. The van der Waals surface area contributed by atoms with E-state index in [-0.39, 0.29) is 22.3 Å². The van der Waals surface area contributed by atoms with E-state index >= 15 is 0 Å². The fourth-order valence-electron chi connectivity index (χ4n) is 2.95. The summed E-state index contributed by atoms with van der Waals surface area (Å²) in [6, 6.07) is 10.1. The summed E-state index contributed by atoms with van der Waals surface area (Å²) in [5, 5.41) is 21.0. The molecule has 0 radical (unpaired) electrons. The Bertz CT molecular complexity index is 800. The first-order chi connectivity index (χ1) is 11.9. The van der Waals surface area contributed by atoms with Crippen LogP contribution in [0.5, 0.6) is 5.75 Å². The number of nitro groups is 1. The molecule has 0 unspecified atom stereocenters. The van der Waals surface area contributed by atoms with Crippen molar-refractivity contribution in [1.29, 1.82) is 0 Å². The van der Waals surface area contributed by atoms with Gasteiger partial charge in [0.05, 0.1) is 4.92 Å². The van der Waals surface area contributed by atoms with E-state index in [4.69, 9.17) is 0 Å². The number of rotatable bonds is 3. The van der Waals surface area contributed by atoms with Crippen molar-refractivity contribution in [3.63, 3.8) is 0 Å². The Morgan fingerprint density at radius 3 is 1.73 bits per heavy atom. The van der Waals surface area contributed by atoms with Crippen molar-refractivity contribution < 1.29 is 10.0 Å². The minimum atomic E-state index is -0.400. The molecule has 2 aromatic rings. The standard InChI is InChI=1S/C22H27NO3/c1-21(2,3)19-13-17(24)14-20(22(4,5)6)18(19)12-9-15-7-10-16(11-8-15)23(25)26/h7-14,24H,1-6H3/b12-9+. The smallest absolute Gasteiger partial charge is 0.269 e. The first-order valence-corrected chi connectivity index (χ1v) is 8.70. The van der Waals surface area contributed by atoms with Crippen LogP contribution in [0.25, 0.3) is 12.2 Å². The molecule has 0 aliphatic carbocycles. The van der Waals surface area contributed by atoms with Gasteiger partial charge in [-0.25, -0.2) is 0 Å². The van der Waals surface area contributed by atoms with Crippen LogP contribution in [0, 0.1) is 10.1 Å². The molecule has 0 fully saturated rings. The second kappa shape index (κ2) is 6.94. The number of phenolic OH excluding ortho intramolecular Hbond substituents is 1. The molecule has 0 saturated carbocycles. The molecule has 4 nitrogen and oxygen atoms in total. The monoisotopic (exact) mass is 353 g/mol. The molecule has 4 heteroatoms. The van der Waals surface area contributed by atoms with E-state index in [1.54, 1.807) is 12.1 Å². The van der Waals surface area contributed by atoms with Crippen molar-refractivity contribution >= 4 is 17.8 Å². The molecule has 0 atom stereocenters. The highest BCUT2D eigenvalue weighted by molar-refractivity contribution is 5.75. The third-order valence-corrected chi connectivity index (χ3v) is 4.33. The molecule has 0 aliphatic rings. The summed E-state index contributed by atoms with van der Waals surface area (Å²) >= 11 is 0. The lowest BCUT2D eigenvalue weighted by Gasteiger charge is -2.29. The highest BCUT2D eigenvalue weighted by Crippen LogP contribution is 2.38. The predicted molar refractivity (Wildman–Crippen MR) is 108 cm³/mol. The van der Waals surface area contributed by atoms with E-state index in [0.29, 0.717) is 0 Å². The lowest BCUT2D eigenvalue weighted by Crippen LogP contribution is -2.19. The maximum Gasteiger partial charge on any atom is 0.269 e. The minimum Gasteiger partial charge on any atom is -0.508 e. The summed E-state index contributed by atoms with van der Waals surface area (Å²) < 4.78 is 0.